The molecule has 2 aliphatic rings. The summed E-state index contributed by atoms with van der Waals surface area (Å²) < 4.78 is 14.5. The summed E-state index contributed by atoms with van der Waals surface area (Å²) in [6.45, 7) is 0. The molecule has 0 heterocycles. The second-order valence-corrected chi connectivity index (χ2v) is 14.7. The fraction of sp³-hybridized carbons (Fsp3) is 0.226. The van der Waals surface area contributed by atoms with Crippen LogP contribution in [-0.4, -0.2) is 12.2 Å². The van der Waals surface area contributed by atoms with Crippen LogP contribution in [0, 0.1) is 11.8 Å². The Bertz CT molecular complexity index is 1030. The van der Waals surface area contributed by atoms with Crippen molar-refractivity contribution in [2.24, 2.45) is 11.8 Å². The Labute approximate surface area is 211 Å². The molecule has 0 spiro atoms. The molecule has 0 saturated heterocycles. The number of benzene rings is 4. The van der Waals surface area contributed by atoms with Gasteiger partial charge >= 0.3 is 211 Å². The van der Waals surface area contributed by atoms with E-state index in [1.165, 1.54) is 40.5 Å². The fourth-order valence-corrected chi connectivity index (χ4v) is 11.2. The van der Waals surface area contributed by atoms with E-state index in [4.69, 9.17) is 9.05 Å². The van der Waals surface area contributed by atoms with E-state index in [0.29, 0.717) is 11.8 Å². The van der Waals surface area contributed by atoms with Crippen molar-refractivity contribution >= 4 is 37.5 Å². The van der Waals surface area contributed by atoms with Crippen LogP contribution in [-0.2, 0) is 9.05 Å². The molecule has 4 aromatic carbocycles. The van der Waals surface area contributed by atoms with Gasteiger partial charge in [0.15, 0.2) is 0 Å². The van der Waals surface area contributed by atoms with Crippen LogP contribution in [0.1, 0.15) is 19.3 Å². The van der Waals surface area contributed by atoms with E-state index in [1.54, 1.807) is 0 Å². The topological polar surface area (TPSA) is 18.5 Å². The van der Waals surface area contributed by atoms with Gasteiger partial charge in [0.2, 0.25) is 0 Å². The minimum absolute atomic E-state index is 0.174. The van der Waals surface area contributed by atoms with E-state index in [-0.39, 0.29) is 12.2 Å². The van der Waals surface area contributed by atoms with Gasteiger partial charge in [-0.25, -0.2) is 0 Å². The van der Waals surface area contributed by atoms with Gasteiger partial charge in [0.05, 0.1) is 0 Å². The second-order valence-electron chi connectivity index (χ2n) is 9.94. The first-order valence-corrected chi connectivity index (χ1v) is 16.1. The Balaban J connectivity index is 1.33. The second kappa shape index (κ2) is 10.7. The standard InChI is InChI=1S/C31H34O2P2/c1-5-13-26(14-6-1)34(27-15-7-2-8-16-27)32-30-24-21-22-25(23-24)31(30)33-35(28-17-9-3-10-18-28)29-19-11-4-12-20-29/h1-20,24-25,30-31H,21-23,34-35H2. The Morgan fingerprint density at radius 3 is 1.00 bits per heavy atom. The van der Waals surface area contributed by atoms with Crippen molar-refractivity contribution in [2.75, 3.05) is 0 Å². The van der Waals surface area contributed by atoms with Gasteiger partial charge in [0.1, 0.15) is 0 Å². The van der Waals surface area contributed by atoms with Crippen LogP contribution in [0.25, 0.3) is 0 Å². The molecule has 6 rings (SSSR count). The predicted octanol–water partition coefficient (Wildman–Crippen LogP) is 5.21. The van der Waals surface area contributed by atoms with Crippen molar-refractivity contribution < 1.29 is 9.05 Å². The molecule has 2 fully saturated rings. The van der Waals surface area contributed by atoms with Crippen molar-refractivity contribution in [1.29, 1.82) is 0 Å². The van der Waals surface area contributed by atoms with Crippen LogP contribution in [0.2, 0.25) is 0 Å². The van der Waals surface area contributed by atoms with Gasteiger partial charge < -0.3 is 0 Å². The van der Waals surface area contributed by atoms with E-state index >= 15 is 0 Å². The molecule has 2 bridgehead atoms. The molecule has 0 aromatic heterocycles. The van der Waals surface area contributed by atoms with Crippen LogP contribution in [0.3, 0.4) is 0 Å². The van der Waals surface area contributed by atoms with Gasteiger partial charge in [-0.2, -0.15) is 0 Å². The molecular weight excluding hydrogens is 466 g/mol. The zero-order valence-electron chi connectivity index (χ0n) is 19.9. The molecule has 4 heteroatoms. The van der Waals surface area contributed by atoms with Crippen molar-refractivity contribution in [2.45, 2.75) is 31.5 Å². The first-order chi connectivity index (χ1) is 17.4. The molecule has 0 N–H and O–H groups in total. The van der Waals surface area contributed by atoms with E-state index in [9.17, 15) is 0 Å². The molecule has 2 nitrogen and oxygen atoms in total. The third kappa shape index (κ3) is 5.00. The number of hydrogen-bond acceptors (Lipinski definition) is 2. The third-order valence-electron chi connectivity index (χ3n) is 7.76. The summed E-state index contributed by atoms with van der Waals surface area (Å²) in [6, 6.07) is 43.5. The molecule has 0 amide bonds. The maximum absolute atomic E-state index is 7.24. The first kappa shape index (κ1) is 23.1. The van der Waals surface area contributed by atoms with Crippen molar-refractivity contribution in [3.8, 4) is 0 Å². The van der Waals surface area contributed by atoms with Crippen molar-refractivity contribution in [1.82, 2.24) is 0 Å². The Kier molecular flexibility index (Phi) is 7.08. The molecule has 2 saturated carbocycles. The van der Waals surface area contributed by atoms with Gasteiger partial charge in [-0.15, -0.1) is 0 Å². The number of rotatable bonds is 8. The Morgan fingerprint density at radius 1 is 0.429 bits per heavy atom. The Hall–Kier alpha value is -2.34. The van der Waals surface area contributed by atoms with Crippen LogP contribution >= 0.6 is 16.3 Å². The third-order valence-corrected chi connectivity index (χ3v) is 12.9. The SMILES string of the molecule is c1ccc([PH2](OC2C3CCC(C3)C2O[PH2](c2ccccc2)c2ccccc2)c2ccccc2)cc1. The van der Waals surface area contributed by atoms with Gasteiger partial charge in [-0.3, -0.25) is 0 Å². The summed E-state index contributed by atoms with van der Waals surface area (Å²) in [5, 5.41) is 5.39. The van der Waals surface area contributed by atoms with Gasteiger partial charge in [-0.05, 0) is 0 Å². The molecule has 4 unspecified atom stereocenters. The summed E-state index contributed by atoms with van der Waals surface area (Å²) in [5.74, 6) is 1.21. The van der Waals surface area contributed by atoms with E-state index < -0.39 is 16.3 Å². The average Bonchev–Trinajstić information content (AvgIpc) is 3.54. The van der Waals surface area contributed by atoms with Crippen LogP contribution in [0.5, 0.6) is 0 Å². The molecular formula is C31H34O2P2. The van der Waals surface area contributed by atoms with Gasteiger partial charge in [0, 0.05) is 0 Å². The van der Waals surface area contributed by atoms with E-state index in [1.807, 2.05) is 0 Å². The quantitative estimate of drug-likeness (QED) is 0.309. The minimum atomic E-state index is -1.83. The van der Waals surface area contributed by atoms with Crippen molar-refractivity contribution in [3.05, 3.63) is 121 Å². The summed E-state index contributed by atoms with van der Waals surface area (Å²) >= 11 is 0. The van der Waals surface area contributed by atoms with E-state index in [2.05, 4.69) is 121 Å². The zero-order valence-corrected chi connectivity index (χ0v) is 22.3. The van der Waals surface area contributed by atoms with Gasteiger partial charge in [0.25, 0.3) is 0 Å². The van der Waals surface area contributed by atoms with E-state index in [0.717, 1.165) is 0 Å². The maximum atomic E-state index is 7.24. The van der Waals surface area contributed by atoms with Gasteiger partial charge in [-0.1, -0.05) is 0 Å². The summed E-state index contributed by atoms with van der Waals surface area (Å²) in [6.07, 6.45) is 4.12. The molecule has 0 radical (unpaired) electrons. The molecule has 0 aliphatic heterocycles. The first-order valence-electron chi connectivity index (χ1n) is 12.9. The molecule has 180 valence electrons. The number of hydrogen-bond donors (Lipinski definition) is 0. The molecule has 4 aromatic rings. The zero-order chi connectivity index (χ0) is 23.5. The van der Waals surface area contributed by atoms with Crippen molar-refractivity contribution in [3.63, 3.8) is 0 Å². The fourth-order valence-electron chi connectivity index (χ4n) is 6.09. The summed E-state index contributed by atoms with van der Waals surface area (Å²) in [4.78, 5) is 0. The Morgan fingerprint density at radius 2 is 0.714 bits per heavy atom. The molecule has 4 atom stereocenters. The van der Waals surface area contributed by atoms with Crippen LogP contribution in [0.4, 0.5) is 0 Å². The summed E-state index contributed by atoms with van der Waals surface area (Å²) in [5.41, 5.74) is 0. The molecule has 2 aliphatic carbocycles. The average molecular weight is 501 g/mol. The number of fused-ring (bicyclic) bond motifs is 2. The monoisotopic (exact) mass is 500 g/mol. The summed E-state index contributed by atoms with van der Waals surface area (Å²) in [7, 11) is -3.66. The van der Waals surface area contributed by atoms with Crippen LogP contribution in [0.15, 0.2) is 121 Å². The molecule has 35 heavy (non-hydrogen) atoms. The normalized spacial score (nSPS) is 23.8. The predicted molar refractivity (Wildman–Crippen MR) is 154 cm³/mol. The van der Waals surface area contributed by atoms with Crippen LogP contribution < -0.4 is 21.2 Å².